The van der Waals surface area contributed by atoms with Crippen LogP contribution in [0.1, 0.15) is 59.5 Å². The second kappa shape index (κ2) is 10.4. The lowest BCUT2D eigenvalue weighted by Crippen LogP contribution is -2.12. The summed E-state index contributed by atoms with van der Waals surface area (Å²) < 4.78 is 8.26. The van der Waals surface area contributed by atoms with Crippen molar-refractivity contribution in [3.63, 3.8) is 0 Å². The zero-order valence-corrected chi connectivity index (χ0v) is 21.8. The van der Waals surface area contributed by atoms with Gasteiger partial charge in [0.15, 0.2) is 0 Å². The van der Waals surface area contributed by atoms with Crippen molar-refractivity contribution >= 4 is 27.6 Å². The zero-order valence-electron chi connectivity index (χ0n) is 21.8. The molecule has 6 heteroatoms. The fourth-order valence-electron chi connectivity index (χ4n) is 6.09. The van der Waals surface area contributed by atoms with Crippen LogP contribution < -0.4 is 4.74 Å². The molecule has 0 aliphatic carbocycles. The monoisotopic (exact) mass is 507 g/mol. The Morgan fingerprint density at radius 1 is 1.00 bits per heavy atom. The van der Waals surface area contributed by atoms with Crippen molar-refractivity contribution in [3.05, 3.63) is 83.3 Å². The van der Waals surface area contributed by atoms with Crippen molar-refractivity contribution in [2.45, 2.75) is 58.4 Å². The van der Waals surface area contributed by atoms with E-state index in [1.54, 1.807) is 0 Å². The van der Waals surface area contributed by atoms with Gasteiger partial charge in [0.1, 0.15) is 11.4 Å². The minimum absolute atomic E-state index is 0.416. The second-order valence-electron chi connectivity index (χ2n) is 10.2. The maximum absolute atomic E-state index is 12.7. The van der Waals surface area contributed by atoms with Crippen LogP contribution in [0.4, 0.5) is 0 Å². The third-order valence-electron chi connectivity index (χ3n) is 7.80. The molecule has 0 radical (unpaired) electrons. The Morgan fingerprint density at radius 2 is 1.79 bits per heavy atom. The third kappa shape index (κ3) is 4.34. The molecular weight excluding hydrogens is 474 g/mol. The van der Waals surface area contributed by atoms with Crippen molar-refractivity contribution in [1.29, 1.82) is 0 Å². The standard InChI is InChI=1S/C32H33N3O3/c1-21-29-26-15-9-14-24-25(16-10-20-38-28-18-8-12-22-11-5-6-13-23(22)28)31(32(36)37)35(30(24)26)19-7-3-2-4-17-27(29)34-33-21/h5-6,8-9,11-15,18H,2-4,7,10,16-17,19-20H2,1H3,(H,33,34)(H,36,37). The SMILES string of the molecule is Cc1[nH]nc2c1-c1cccc3c(CCCOc4cccc5ccccc45)c(C(=O)O)n(c13)CCCCCC2. The summed E-state index contributed by atoms with van der Waals surface area (Å²) in [6, 6.07) is 20.6. The molecule has 38 heavy (non-hydrogen) atoms. The van der Waals surface area contributed by atoms with Gasteiger partial charge in [-0.3, -0.25) is 5.10 Å². The molecule has 2 N–H and O–H groups in total. The van der Waals surface area contributed by atoms with Gasteiger partial charge in [0.05, 0.1) is 17.8 Å². The Hall–Kier alpha value is -4.06. The molecular formula is C32H33N3O3. The number of aromatic amines is 1. The molecule has 0 fully saturated rings. The molecule has 0 saturated carbocycles. The Morgan fingerprint density at radius 3 is 2.68 bits per heavy atom. The second-order valence-corrected chi connectivity index (χ2v) is 10.2. The summed E-state index contributed by atoms with van der Waals surface area (Å²) in [5, 5.41) is 21.5. The smallest absolute Gasteiger partial charge is 0.352 e. The van der Waals surface area contributed by atoms with Crippen LogP contribution in [0.2, 0.25) is 0 Å². The molecule has 1 aliphatic heterocycles. The van der Waals surface area contributed by atoms with Gasteiger partial charge in [0, 0.05) is 34.1 Å². The van der Waals surface area contributed by atoms with Gasteiger partial charge >= 0.3 is 5.97 Å². The number of H-pyrrole nitrogens is 1. The number of aromatic carboxylic acids is 1. The lowest BCUT2D eigenvalue weighted by atomic mass is 9.97. The lowest BCUT2D eigenvalue weighted by Gasteiger charge is -2.12. The predicted molar refractivity (Wildman–Crippen MR) is 151 cm³/mol. The van der Waals surface area contributed by atoms with E-state index in [1.807, 2.05) is 24.3 Å². The lowest BCUT2D eigenvalue weighted by molar-refractivity contribution is 0.0684. The van der Waals surface area contributed by atoms with Crippen LogP contribution in [0.5, 0.6) is 5.75 Å². The topological polar surface area (TPSA) is 80.1 Å². The molecule has 0 atom stereocenters. The number of hydrogen-bond donors (Lipinski definition) is 2. The third-order valence-corrected chi connectivity index (χ3v) is 7.80. The summed E-state index contributed by atoms with van der Waals surface area (Å²) in [4.78, 5) is 12.7. The number of nitrogens with zero attached hydrogens (tertiary/aromatic N) is 2. The Bertz CT molecular complexity index is 1620. The van der Waals surface area contributed by atoms with E-state index in [0.29, 0.717) is 25.3 Å². The molecule has 3 aromatic carbocycles. The normalized spacial score (nSPS) is 13.8. The maximum atomic E-state index is 12.7. The first-order valence-electron chi connectivity index (χ1n) is 13.7. The van der Waals surface area contributed by atoms with Gasteiger partial charge in [-0.2, -0.15) is 5.10 Å². The number of hydrogen-bond acceptors (Lipinski definition) is 3. The van der Waals surface area contributed by atoms with Crippen molar-refractivity contribution in [2.24, 2.45) is 0 Å². The highest BCUT2D eigenvalue weighted by Gasteiger charge is 2.26. The Kier molecular flexibility index (Phi) is 6.62. The average Bonchev–Trinajstić information content (AvgIpc) is 3.44. The molecule has 1 aliphatic rings. The van der Waals surface area contributed by atoms with Gasteiger partial charge in [-0.25, -0.2) is 4.79 Å². The first kappa shape index (κ1) is 24.3. The number of aromatic nitrogens is 3. The van der Waals surface area contributed by atoms with E-state index in [2.05, 4.69) is 58.1 Å². The molecule has 3 heterocycles. The number of para-hydroxylation sites is 1. The number of carbonyl (C=O) groups is 1. The Balaban J connectivity index is 1.38. The average molecular weight is 508 g/mol. The summed E-state index contributed by atoms with van der Waals surface area (Å²) in [5.41, 5.74) is 6.64. The molecule has 194 valence electrons. The first-order chi connectivity index (χ1) is 18.6. The van der Waals surface area contributed by atoms with Crippen LogP contribution in [-0.4, -0.2) is 32.4 Å². The number of fused-ring (bicyclic) bond motifs is 3. The van der Waals surface area contributed by atoms with Crippen LogP contribution >= 0.6 is 0 Å². The number of ether oxygens (including phenoxy) is 1. The minimum Gasteiger partial charge on any atom is -0.493 e. The predicted octanol–water partition coefficient (Wildman–Crippen LogP) is 7.32. The van der Waals surface area contributed by atoms with Gasteiger partial charge in [-0.05, 0) is 56.0 Å². The highest BCUT2D eigenvalue weighted by molar-refractivity contribution is 6.04. The summed E-state index contributed by atoms with van der Waals surface area (Å²) in [6.45, 7) is 3.28. The van der Waals surface area contributed by atoms with E-state index in [4.69, 9.17) is 4.74 Å². The molecule has 0 saturated heterocycles. The summed E-state index contributed by atoms with van der Waals surface area (Å²) in [5.74, 6) is -0.000163. The number of carboxylic acid groups (broad SMARTS) is 1. The summed E-state index contributed by atoms with van der Waals surface area (Å²) >= 11 is 0. The number of aryl methyl sites for hydroxylation is 4. The number of nitrogens with one attached hydrogen (secondary N) is 1. The number of rotatable bonds is 6. The van der Waals surface area contributed by atoms with E-state index in [9.17, 15) is 9.90 Å². The van der Waals surface area contributed by atoms with Crippen LogP contribution in [0, 0.1) is 6.92 Å². The van der Waals surface area contributed by atoms with Crippen LogP contribution in [-0.2, 0) is 19.4 Å². The van der Waals surface area contributed by atoms with Gasteiger partial charge in [0.25, 0.3) is 0 Å². The molecule has 5 aromatic rings. The van der Waals surface area contributed by atoms with Crippen molar-refractivity contribution < 1.29 is 14.6 Å². The number of benzene rings is 3. The highest BCUT2D eigenvalue weighted by Crippen LogP contribution is 2.38. The molecule has 0 amide bonds. The van der Waals surface area contributed by atoms with Gasteiger partial charge < -0.3 is 14.4 Å². The minimum atomic E-state index is -0.865. The van der Waals surface area contributed by atoms with Crippen molar-refractivity contribution in [1.82, 2.24) is 14.8 Å². The van der Waals surface area contributed by atoms with E-state index in [0.717, 1.165) is 94.0 Å². The van der Waals surface area contributed by atoms with E-state index >= 15 is 0 Å². The van der Waals surface area contributed by atoms with Crippen LogP contribution in [0.3, 0.4) is 0 Å². The Labute approximate surface area is 222 Å². The fourth-order valence-corrected chi connectivity index (χ4v) is 6.09. The molecule has 6 nitrogen and oxygen atoms in total. The highest BCUT2D eigenvalue weighted by atomic mass is 16.5. The van der Waals surface area contributed by atoms with Crippen LogP contribution in [0.25, 0.3) is 32.8 Å². The van der Waals surface area contributed by atoms with E-state index < -0.39 is 5.97 Å². The fraction of sp³-hybridized carbons (Fsp3) is 0.312. The van der Waals surface area contributed by atoms with Gasteiger partial charge in [0.2, 0.25) is 0 Å². The van der Waals surface area contributed by atoms with Crippen molar-refractivity contribution in [3.8, 4) is 16.9 Å². The summed E-state index contributed by atoms with van der Waals surface area (Å²) in [6.07, 6.45) is 6.54. The largest absolute Gasteiger partial charge is 0.493 e. The first-order valence-corrected chi connectivity index (χ1v) is 13.7. The van der Waals surface area contributed by atoms with Crippen LogP contribution in [0.15, 0.2) is 60.7 Å². The van der Waals surface area contributed by atoms with E-state index in [1.165, 1.54) is 0 Å². The van der Waals surface area contributed by atoms with E-state index in [-0.39, 0.29) is 0 Å². The quantitative estimate of drug-likeness (QED) is 0.236. The molecule has 0 spiro atoms. The van der Waals surface area contributed by atoms with Gasteiger partial charge in [-0.15, -0.1) is 0 Å². The molecule has 6 rings (SSSR count). The number of carboxylic acids is 1. The molecule has 0 unspecified atom stereocenters. The van der Waals surface area contributed by atoms with Crippen molar-refractivity contribution in [2.75, 3.05) is 6.61 Å². The summed E-state index contributed by atoms with van der Waals surface area (Å²) in [7, 11) is 0. The zero-order chi connectivity index (χ0) is 26.1. The molecule has 0 bridgehead atoms. The van der Waals surface area contributed by atoms with Gasteiger partial charge in [-0.1, -0.05) is 67.4 Å². The maximum Gasteiger partial charge on any atom is 0.352 e. The molecule has 2 aromatic heterocycles.